The van der Waals surface area contributed by atoms with Crippen LogP contribution in [0.4, 0.5) is 0 Å². The van der Waals surface area contributed by atoms with Gasteiger partial charge in [0.15, 0.2) is 5.75 Å². The van der Waals surface area contributed by atoms with Crippen molar-refractivity contribution >= 4 is 23.2 Å². The van der Waals surface area contributed by atoms with Gasteiger partial charge in [0.25, 0.3) is 0 Å². The Kier molecular flexibility index (Phi) is 4.10. The van der Waals surface area contributed by atoms with E-state index in [1.165, 1.54) is 0 Å². The predicted molar refractivity (Wildman–Crippen MR) is 74.5 cm³/mol. The van der Waals surface area contributed by atoms with Crippen LogP contribution in [0.15, 0.2) is 18.2 Å². The number of ether oxygens (including phenoxy) is 1. The smallest absolute Gasteiger partial charge is 0.156 e. The van der Waals surface area contributed by atoms with Crippen molar-refractivity contribution in [2.24, 2.45) is 5.41 Å². The first-order valence-corrected chi connectivity index (χ1v) is 7.09. The average molecular weight is 289 g/mol. The number of hydrogen-bond donors (Lipinski definition) is 1. The van der Waals surface area contributed by atoms with Gasteiger partial charge in [-0.05, 0) is 25.0 Å². The molecule has 2 unspecified atom stereocenters. The molecule has 0 aromatic heterocycles. The number of aliphatic hydroxyl groups excluding tert-OH is 1. The number of para-hydroxylation sites is 1. The van der Waals surface area contributed by atoms with Crippen molar-refractivity contribution in [2.75, 3.05) is 0 Å². The molecule has 0 heterocycles. The van der Waals surface area contributed by atoms with E-state index in [1.807, 2.05) is 0 Å². The van der Waals surface area contributed by atoms with Crippen LogP contribution in [0.5, 0.6) is 5.75 Å². The van der Waals surface area contributed by atoms with Crippen LogP contribution < -0.4 is 4.74 Å². The van der Waals surface area contributed by atoms with Gasteiger partial charge in [-0.2, -0.15) is 0 Å². The third kappa shape index (κ3) is 2.11. The maximum absolute atomic E-state index is 10.00. The minimum atomic E-state index is -0.293. The average Bonchev–Trinajstić information content (AvgIpc) is 2.34. The molecule has 0 saturated heterocycles. The summed E-state index contributed by atoms with van der Waals surface area (Å²) in [6.45, 7) is 4.16. The third-order valence-corrected chi connectivity index (χ3v) is 4.83. The summed E-state index contributed by atoms with van der Waals surface area (Å²) in [5, 5.41) is 11.0. The molecule has 1 N–H and O–H groups in total. The van der Waals surface area contributed by atoms with Crippen molar-refractivity contribution in [1.82, 2.24) is 0 Å². The summed E-state index contributed by atoms with van der Waals surface area (Å²) in [5.41, 5.74) is -0.164. The van der Waals surface area contributed by atoms with E-state index >= 15 is 0 Å². The van der Waals surface area contributed by atoms with Crippen LogP contribution in [0, 0.1) is 5.41 Å². The van der Waals surface area contributed by atoms with Crippen LogP contribution in [0.2, 0.25) is 10.0 Å². The normalized spacial score (nSPS) is 25.6. The molecular weight excluding hydrogens is 271 g/mol. The van der Waals surface area contributed by atoms with Gasteiger partial charge in [-0.25, -0.2) is 0 Å². The van der Waals surface area contributed by atoms with Gasteiger partial charge < -0.3 is 9.84 Å². The Morgan fingerprint density at radius 3 is 2.28 bits per heavy atom. The Labute approximate surface area is 118 Å². The molecular formula is C14H18Cl2O2. The molecule has 2 atom stereocenters. The first-order chi connectivity index (χ1) is 8.55. The molecule has 100 valence electrons. The second-order valence-electron chi connectivity index (χ2n) is 4.85. The van der Waals surface area contributed by atoms with E-state index in [2.05, 4.69) is 13.8 Å². The zero-order valence-corrected chi connectivity index (χ0v) is 12.1. The van der Waals surface area contributed by atoms with Crippen LogP contribution in [0.1, 0.15) is 33.1 Å². The second kappa shape index (κ2) is 5.28. The van der Waals surface area contributed by atoms with Gasteiger partial charge in [0.2, 0.25) is 0 Å². The minimum Gasteiger partial charge on any atom is -0.487 e. The Morgan fingerprint density at radius 2 is 1.83 bits per heavy atom. The van der Waals surface area contributed by atoms with Crippen LogP contribution in [-0.4, -0.2) is 17.3 Å². The number of halogens is 2. The standard InChI is InChI=1S/C14H18Cl2O2/c1-3-14(4-2)11(17)8-12(14)18-13-9(15)6-5-7-10(13)16/h5-7,11-12,17H,3-4,8H2,1-2H3. The molecule has 2 nitrogen and oxygen atoms in total. The lowest BCUT2D eigenvalue weighted by Gasteiger charge is -2.52. The molecule has 0 radical (unpaired) electrons. The van der Waals surface area contributed by atoms with Gasteiger partial charge in [0, 0.05) is 11.8 Å². The van der Waals surface area contributed by atoms with E-state index in [4.69, 9.17) is 27.9 Å². The van der Waals surface area contributed by atoms with E-state index in [-0.39, 0.29) is 17.6 Å². The van der Waals surface area contributed by atoms with E-state index in [1.54, 1.807) is 18.2 Å². The minimum absolute atomic E-state index is 0.0140. The summed E-state index contributed by atoms with van der Waals surface area (Å²) in [6.07, 6.45) is 2.11. The van der Waals surface area contributed by atoms with Gasteiger partial charge in [-0.3, -0.25) is 0 Å². The van der Waals surface area contributed by atoms with Crippen molar-refractivity contribution < 1.29 is 9.84 Å². The molecule has 0 spiro atoms. The first-order valence-electron chi connectivity index (χ1n) is 6.34. The van der Waals surface area contributed by atoms with Gasteiger partial charge in [0.1, 0.15) is 6.10 Å². The summed E-state index contributed by atoms with van der Waals surface area (Å²) >= 11 is 12.2. The summed E-state index contributed by atoms with van der Waals surface area (Å²) in [6, 6.07) is 5.31. The van der Waals surface area contributed by atoms with Crippen LogP contribution in [0.25, 0.3) is 0 Å². The van der Waals surface area contributed by atoms with Crippen LogP contribution in [0.3, 0.4) is 0 Å². The maximum Gasteiger partial charge on any atom is 0.156 e. The number of hydrogen-bond acceptors (Lipinski definition) is 2. The number of aliphatic hydroxyl groups is 1. The molecule has 1 saturated carbocycles. The molecule has 0 amide bonds. The van der Waals surface area contributed by atoms with Gasteiger partial charge in [0.05, 0.1) is 16.1 Å². The zero-order valence-electron chi connectivity index (χ0n) is 10.6. The summed E-state index contributed by atoms with van der Waals surface area (Å²) in [7, 11) is 0. The highest BCUT2D eigenvalue weighted by molar-refractivity contribution is 6.37. The largest absolute Gasteiger partial charge is 0.487 e. The van der Waals surface area contributed by atoms with Crippen LogP contribution in [-0.2, 0) is 0 Å². The molecule has 1 aromatic carbocycles. The Balaban J connectivity index is 2.20. The SMILES string of the molecule is CCC1(CC)C(O)CC1Oc1c(Cl)cccc1Cl. The number of benzene rings is 1. The molecule has 0 bridgehead atoms. The zero-order chi connectivity index (χ0) is 13.3. The fourth-order valence-corrected chi connectivity index (χ4v) is 3.29. The van der Waals surface area contributed by atoms with E-state index in [0.717, 1.165) is 12.8 Å². The van der Waals surface area contributed by atoms with Crippen molar-refractivity contribution in [3.05, 3.63) is 28.2 Å². The van der Waals surface area contributed by atoms with Gasteiger partial charge in [-0.1, -0.05) is 43.1 Å². The van der Waals surface area contributed by atoms with Crippen molar-refractivity contribution in [3.8, 4) is 5.75 Å². The van der Waals surface area contributed by atoms with Crippen molar-refractivity contribution in [3.63, 3.8) is 0 Å². The molecule has 1 fully saturated rings. The van der Waals surface area contributed by atoms with E-state index < -0.39 is 0 Å². The Bertz CT molecular complexity index is 410. The Hall–Kier alpha value is -0.440. The molecule has 1 aromatic rings. The molecule has 2 rings (SSSR count). The van der Waals surface area contributed by atoms with Gasteiger partial charge >= 0.3 is 0 Å². The van der Waals surface area contributed by atoms with E-state index in [9.17, 15) is 5.11 Å². The highest BCUT2D eigenvalue weighted by atomic mass is 35.5. The first kappa shape index (κ1) is 14.0. The lowest BCUT2D eigenvalue weighted by molar-refractivity contribution is -0.159. The topological polar surface area (TPSA) is 29.5 Å². The highest BCUT2D eigenvalue weighted by Gasteiger charge is 2.53. The van der Waals surface area contributed by atoms with Crippen LogP contribution >= 0.6 is 23.2 Å². The maximum atomic E-state index is 10.00. The molecule has 0 aliphatic heterocycles. The lowest BCUT2D eigenvalue weighted by atomic mass is 9.60. The Morgan fingerprint density at radius 1 is 1.28 bits per heavy atom. The van der Waals surface area contributed by atoms with Crippen molar-refractivity contribution in [2.45, 2.75) is 45.3 Å². The van der Waals surface area contributed by atoms with E-state index in [0.29, 0.717) is 22.2 Å². The molecule has 1 aliphatic rings. The summed E-state index contributed by atoms with van der Waals surface area (Å²) < 4.78 is 5.96. The molecule has 18 heavy (non-hydrogen) atoms. The summed E-state index contributed by atoms with van der Waals surface area (Å²) in [5.74, 6) is 0.531. The molecule has 1 aliphatic carbocycles. The predicted octanol–water partition coefficient (Wildman–Crippen LogP) is 4.31. The monoisotopic (exact) mass is 288 g/mol. The molecule has 4 heteroatoms. The third-order valence-electron chi connectivity index (χ3n) is 4.24. The quantitative estimate of drug-likeness (QED) is 0.894. The number of rotatable bonds is 4. The van der Waals surface area contributed by atoms with Gasteiger partial charge in [-0.15, -0.1) is 0 Å². The fourth-order valence-electron chi connectivity index (χ4n) is 2.81. The fraction of sp³-hybridized carbons (Fsp3) is 0.571. The summed E-state index contributed by atoms with van der Waals surface area (Å²) in [4.78, 5) is 0. The highest BCUT2D eigenvalue weighted by Crippen LogP contribution is 2.50. The van der Waals surface area contributed by atoms with Crippen molar-refractivity contribution in [1.29, 1.82) is 0 Å². The lowest BCUT2D eigenvalue weighted by Crippen LogP contribution is -2.59. The second-order valence-corrected chi connectivity index (χ2v) is 5.66.